The monoisotopic (exact) mass is 274 g/mol. The van der Waals surface area contributed by atoms with E-state index >= 15 is 0 Å². The van der Waals surface area contributed by atoms with Crippen molar-refractivity contribution in [3.8, 4) is 5.75 Å². The average molecular weight is 275 g/mol. The van der Waals surface area contributed by atoms with Gasteiger partial charge in [0, 0.05) is 12.1 Å². The van der Waals surface area contributed by atoms with Crippen LogP contribution in [0.25, 0.3) is 0 Å². The van der Waals surface area contributed by atoms with E-state index in [4.69, 9.17) is 4.74 Å². The Bertz CT molecular complexity index is 357. The zero-order chi connectivity index (χ0) is 10.8. The molecule has 5 heteroatoms. The van der Waals surface area contributed by atoms with E-state index in [0.29, 0.717) is 16.3 Å². The van der Waals surface area contributed by atoms with Gasteiger partial charge in [-0.15, -0.1) is 0 Å². The molecule has 1 aliphatic rings. The summed E-state index contributed by atoms with van der Waals surface area (Å²) in [5, 5.41) is 3.26. The van der Waals surface area contributed by atoms with E-state index < -0.39 is 5.95 Å². The van der Waals surface area contributed by atoms with Crippen LogP contribution in [-0.4, -0.2) is 23.7 Å². The van der Waals surface area contributed by atoms with Crippen LogP contribution in [0, 0.1) is 5.95 Å². The smallest absolute Gasteiger partial charge is 0.227 e. The summed E-state index contributed by atoms with van der Waals surface area (Å²) in [4.78, 5) is 3.58. The SMILES string of the molecule is CC(Oc1cnc(F)c(Br)c1)[C@@H]1CCN1. The van der Waals surface area contributed by atoms with Crippen molar-refractivity contribution in [1.82, 2.24) is 10.3 Å². The molecule has 1 saturated heterocycles. The van der Waals surface area contributed by atoms with Crippen LogP contribution in [-0.2, 0) is 0 Å². The predicted molar refractivity (Wildman–Crippen MR) is 58.4 cm³/mol. The third kappa shape index (κ3) is 2.46. The molecule has 15 heavy (non-hydrogen) atoms. The molecule has 0 spiro atoms. The summed E-state index contributed by atoms with van der Waals surface area (Å²) < 4.78 is 18.8. The zero-order valence-corrected chi connectivity index (χ0v) is 9.92. The number of rotatable bonds is 3. The molecule has 0 saturated carbocycles. The maximum absolute atomic E-state index is 12.8. The van der Waals surface area contributed by atoms with Gasteiger partial charge in [-0.1, -0.05) is 0 Å². The molecule has 82 valence electrons. The van der Waals surface area contributed by atoms with E-state index in [2.05, 4.69) is 26.2 Å². The highest BCUT2D eigenvalue weighted by Crippen LogP contribution is 2.21. The van der Waals surface area contributed by atoms with Crippen LogP contribution in [0.3, 0.4) is 0 Å². The molecule has 0 aromatic carbocycles. The van der Waals surface area contributed by atoms with Gasteiger partial charge in [-0.25, -0.2) is 4.98 Å². The second kappa shape index (κ2) is 4.45. The van der Waals surface area contributed by atoms with Gasteiger partial charge in [0.2, 0.25) is 5.95 Å². The first kappa shape index (κ1) is 10.8. The maximum Gasteiger partial charge on any atom is 0.227 e. The first-order chi connectivity index (χ1) is 7.16. The molecule has 0 bridgehead atoms. The molecule has 1 unspecified atom stereocenters. The molecule has 3 nitrogen and oxygen atoms in total. The lowest BCUT2D eigenvalue weighted by Crippen LogP contribution is -2.51. The second-order valence-electron chi connectivity index (χ2n) is 3.62. The molecule has 1 aromatic rings. The molecule has 2 atom stereocenters. The second-order valence-corrected chi connectivity index (χ2v) is 4.47. The molecular formula is C10H12BrFN2O. The van der Waals surface area contributed by atoms with E-state index in [9.17, 15) is 4.39 Å². The topological polar surface area (TPSA) is 34.1 Å². The molecule has 2 heterocycles. The number of hydrogen-bond donors (Lipinski definition) is 1. The number of nitrogens with one attached hydrogen (secondary N) is 1. The Morgan fingerprint density at radius 1 is 1.73 bits per heavy atom. The van der Waals surface area contributed by atoms with Crippen molar-refractivity contribution in [2.24, 2.45) is 0 Å². The lowest BCUT2D eigenvalue weighted by molar-refractivity contribution is 0.133. The van der Waals surface area contributed by atoms with Gasteiger partial charge in [0.25, 0.3) is 0 Å². The largest absolute Gasteiger partial charge is 0.487 e. The summed E-state index contributed by atoms with van der Waals surface area (Å²) in [5.41, 5.74) is 0. The van der Waals surface area contributed by atoms with Crippen molar-refractivity contribution in [3.63, 3.8) is 0 Å². The molecule has 0 aliphatic carbocycles. The highest BCUT2D eigenvalue weighted by atomic mass is 79.9. The van der Waals surface area contributed by atoms with E-state index in [-0.39, 0.29) is 6.10 Å². The maximum atomic E-state index is 12.8. The fourth-order valence-electron chi connectivity index (χ4n) is 1.48. The number of pyridine rings is 1. The fraction of sp³-hybridized carbons (Fsp3) is 0.500. The summed E-state index contributed by atoms with van der Waals surface area (Å²) in [5.74, 6) is 0.0706. The Morgan fingerprint density at radius 3 is 3.00 bits per heavy atom. The molecule has 1 fully saturated rings. The molecule has 0 amide bonds. The summed E-state index contributed by atoms with van der Waals surface area (Å²) in [6.45, 7) is 3.04. The van der Waals surface area contributed by atoms with Crippen molar-refractivity contribution >= 4 is 15.9 Å². The highest BCUT2D eigenvalue weighted by molar-refractivity contribution is 9.10. The Morgan fingerprint density at radius 2 is 2.47 bits per heavy atom. The minimum absolute atomic E-state index is 0.0814. The van der Waals surface area contributed by atoms with Crippen LogP contribution in [0.2, 0.25) is 0 Å². The van der Waals surface area contributed by atoms with E-state index in [0.717, 1.165) is 13.0 Å². The molecular weight excluding hydrogens is 263 g/mol. The summed E-state index contributed by atoms with van der Waals surface area (Å²) in [7, 11) is 0. The van der Waals surface area contributed by atoms with E-state index in [1.807, 2.05) is 6.92 Å². The molecule has 1 aromatic heterocycles. The first-order valence-electron chi connectivity index (χ1n) is 4.88. The molecule has 1 N–H and O–H groups in total. The Kier molecular flexibility index (Phi) is 3.21. The minimum atomic E-state index is -0.517. The van der Waals surface area contributed by atoms with Crippen molar-refractivity contribution in [2.45, 2.75) is 25.5 Å². The first-order valence-corrected chi connectivity index (χ1v) is 5.67. The summed E-state index contributed by atoms with van der Waals surface area (Å²) in [6, 6.07) is 1.99. The highest BCUT2D eigenvalue weighted by Gasteiger charge is 2.24. The number of nitrogens with zero attached hydrogens (tertiary/aromatic N) is 1. The van der Waals surface area contributed by atoms with Gasteiger partial charge in [0.15, 0.2) is 0 Å². The van der Waals surface area contributed by atoms with Gasteiger partial charge in [0.1, 0.15) is 11.9 Å². The molecule has 0 radical (unpaired) electrons. The number of ether oxygens (including phenoxy) is 1. The summed E-state index contributed by atoms with van der Waals surface area (Å²) in [6.07, 6.45) is 2.60. The van der Waals surface area contributed by atoms with Crippen molar-refractivity contribution in [2.75, 3.05) is 6.54 Å². The van der Waals surface area contributed by atoms with Crippen LogP contribution in [0.4, 0.5) is 4.39 Å². The van der Waals surface area contributed by atoms with E-state index in [1.54, 1.807) is 6.07 Å². The minimum Gasteiger partial charge on any atom is -0.487 e. The molecule has 1 aliphatic heterocycles. The van der Waals surface area contributed by atoms with E-state index in [1.165, 1.54) is 6.20 Å². The third-order valence-electron chi connectivity index (χ3n) is 2.52. The predicted octanol–water partition coefficient (Wildman–Crippen LogP) is 2.11. The van der Waals surface area contributed by atoms with Crippen LogP contribution >= 0.6 is 15.9 Å². The van der Waals surface area contributed by atoms with Crippen LogP contribution in [0.15, 0.2) is 16.7 Å². The van der Waals surface area contributed by atoms with Crippen LogP contribution < -0.4 is 10.1 Å². The Hall–Kier alpha value is -0.680. The lowest BCUT2D eigenvalue weighted by atomic mass is 10.0. The van der Waals surface area contributed by atoms with Gasteiger partial charge in [0.05, 0.1) is 10.7 Å². The average Bonchev–Trinajstić information content (AvgIpc) is 2.08. The normalized spacial score (nSPS) is 21.9. The number of halogens is 2. The molecule has 2 rings (SSSR count). The van der Waals surface area contributed by atoms with Crippen molar-refractivity contribution in [3.05, 3.63) is 22.7 Å². The standard InChI is InChI=1S/C10H12BrFN2O/c1-6(9-2-3-13-9)15-7-4-8(11)10(12)14-5-7/h4-6,9,13H,2-3H2,1H3/t6?,9-/m0/s1. The lowest BCUT2D eigenvalue weighted by Gasteiger charge is -2.33. The van der Waals surface area contributed by atoms with Crippen LogP contribution in [0.1, 0.15) is 13.3 Å². The van der Waals surface area contributed by atoms with Gasteiger partial charge in [-0.3, -0.25) is 0 Å². The van der Waals surface area contributed by atoms with Crippen LogP contribution in [0.5, 0.6) is 5.75 Å². The number of aromatic nitrogens is 1. The van der Waals surface area contributed by atoms with Gasteiger partial charge in [-0.05, 0) is 35.8 Å². The fourth-order valence-corrected chi connectivity index (χ4v) is 1.80. The van der Waals surface area contributed by atoms with Gasteiger partial charge in [-0.2, -0.15) is 4.39 Å². The zero-order valence-electron chi connectivity index (χ0n) is 8.34. The number of hydrogen-bond acceptors (Lipinski definition) is 3. The van der Waals surface area contributed by atoms with Crippen molar-refractivity contribution in [1.29, 1.82) is 0 Å². The van der Waals surface area contributed by atoms with Gasteiger partial charge >= 0.3 is 0 Å². The third-order valence-corrected chi connectivity index (χ3v) is 3.08. The van der Waals surface area contributed by atoms with Gasteiger partial charge < -0.3 is 10.1 Å². The Labute approximate surface area is 96.2 Å². The summed E-state index contributed by atoms with van der Waals surface area (Å²) >= 11 is 3.07. The Balaban J connectivity index is 2.00. The van der Waals surface area contributed by atoms with Crippen molar-refractivity contribution < 1.29 is 9.13 Å². The quantitative estimate of drug-likeness (QED) is 0.858.